The summed E-state index contributed by atoms with van der Waals surface area (Å²) in [5, 5.41) is 10.8. The van der Waals surface area contributed by atoms with Gasteiger partial charge in [-0.25, -0.2) is 0 Å². The van der Waals surface area contributed by atoms with Crippen molar-refractivity contribution in [3.05, 3.63) is 23.8 Å². The highest BCUT2D eigenvalue weighted by molar-refractivity contribution is 5.76. The maximum Gasteiger partial charge on any atom is 0.222 e. The lowest BCUT2D eigenvalue weighted by atomic mass is 9.83. The molecular weight excluding hydrogens is 420 g/mol. The summed E-state index contributed by atoms with van der Waals surface area (Å²) in [5.74, 6) is 2.28. The second-order valence-corrected chi connectivity index (χ2v) is 9.51. The van der Waals surface area contributed by atoms with Crippen LogP contribution in [0, 0.1) is 11.8 Å². The number of aliphatic hydroxyl groups is 1. The minimum Gasteiger partial charge on any atom is -0.493 e. The number of hydrogen-bond acceptors (Lipinski definition) is 6. The average Bonchev–Trinajstić information content (AvgIpc) is 3.00. The number of ether oxygens (including phenoxy) is 3. The van der Waals surface area contributed by atoms with Crippen molar-refractivity contribution in [2.45, 2.75) is 70.9 Å². The second kappa shape index (κ2) is 14.4. The first-order chi connectivity index (χ1) is 15.8. The molecule has 3 unspecified atom stereocenters. The highest BCUT2D eigenvalue weighted by Crippen LogP contribution is 2.31. The quantitative estimate of drug-likeness (QED) is 0.410. The Morgan fingerprint density at radius 3 is 2.61 bits per heavy atom. The Labute approximate surface area is 199 Å². The van der Waals surface area contributed by atoms with Gasteiger partial charge in [-0.2, -0.15) is 0 Å². The minimum absolute atomic E-state index is 0.135. The van der Waals surface area contributed by atoms with Gasteiger partial charge in [-0.15, -0.1) is 0 Å². The molecule has 1 heterocycles. The molecule has 0 saturated carbocycles. The van der Waals surface area contributed by atoms with Crippen LogP contribution in [-0.4, -0.2) is 68.6 Å². The molecule has 0 spiro atoms. The SMILES string of the molecule is COCCCOc1cc(CC(CC(N)C(O)CN2CCCCCC2=O)C(C)C)ccc1OC. The monoisotopic (exact) mass is 464 g/mol. The lowest BCUT2D eigenvalue weighted by molar-refractivity contribution is -0.132. The van der Waals surface area contributed by atoms with E-state index in [-0.39, 0.29) is 11.9 Å². The maximum absolute atomic E-state index is 12.3. The number of amides is 1. The Bertz CT molecular complexity index is 712. The van der Waals surface area contributed by atoms with E-state index in [0.717, 1.165) is 50.0 Å². The molecule has 2 rings (SSSR count). The molecule has 3 atom stereocenters. The van der Waals surface area contributed by atoms with Crippen LogP contribution < -0.4 is 15.2 Å². The van der Waals surface area contributed by atoms with Gasteiger partial charge in [0, 0.05) is 45.7 Å². The summed E-state index contributed by atoms with van der Waals surface area (Å²) in [6, 6.07) is 5.67. The van der Waals surface area contributed by atoms with E-state index in [1.54, 1.807) is 19.1 Å². The Morgan fingerprint density at radius 2 is 1.91 bits per heavy atom. The number of nitrogens with zero attached hydrogens (tertiary/aromatic N) is 1. The van der Waals surface area contributed by atoms with Crippen molar-refractivity contribution in [1.82, 2.24) is 4.90 Å². The molecule has 33 heavy (non-hydrogen) atoms. The van der Waals surface area contributed by atoms with Crippen molar-refractivity contribution in [2.24, 2.45) is 17.6 Å². The molecule has 0 radical (unpaired) electrons. The van der Waals surface area contributed by atoms with Crippen LogP contribution in [0.1, 0.15) is 57.9 Å². The summed E-state index contributed by atoms with van der Waals surface area (Å²) in [4.78, 5) is 14.1. The van der Waals surface area contributed by atoms with Crippen molar-refractivity contribution < 1.29 is 24.1 Å². The molecule has 1 aromatic rings. The average molecular weight is 465 g/mol. The van der Waals surface area contributed by atoms with Gasteiger partial charge in [0.05, 0.1) is 19.8 Å². The van der Waals surface area contributed by atoms with E-state index < -0.39 is 6.10 Å². The zero-order chi connectivity index (χ0) is 24.2. The second-order valence-electron chi connectivity index (χ2n) is 9.51. The number of methoxy groups -OCH3 is 2. The molecular formula is C26H44N2O5. The third-order valence-electron chi connectivity index (χ3n) is 6.57. The zero-order valence-corrected chi connectivity index (χ0v) is 20.9. The van der Waals surface area contributed by atoms with Gasteiger partial charge in [-0.05, 0) is 55.2 Å². The zero-order valence-electron chi connectivity index (χ0n) is 20.9. The fourth-order valence-corrected chi connectivity index (χ4v) is 4.34. The molecule has 3 N–H and O–H groups in total. The molecule has 7 heteroatoms. The van der Waals surface area contributed by atoms with Crippen LogP contribution in [0.2, 0.25) is 0 Å². The Kier molecular flexibility index (Phi) is 12.0. The van der Waals surface area contributed by atoms with E-state index in [4.69, 9.17) is 19.9 Å². The van der Waals surface area contributed by atoms with E-state index in [0.29, 0.717) is 50.2 Å². The van der Waals surface area contributed by atoms with Crippen molar-refractivity contribution in [2.75, 3.05) is 40.5 Å². The van der Waals surface area contributed by atoms with Crippen molar-refractivity contribution in [3.63, 3.8) is 0 Å². The molecule has 188 valence electrons. The summed E-state index contributed by atoms with van der Waals surface area (Å²) in [6.07, 6.45) is 5.19. The smallest absolute Gasteiger partial charge is 0.222 e. The Morgan fingerprint density at radius 1 is 1.12 bits per heavy atom. The largest absolute Gasteiger partial charge is 0.493 e. The van der Waals surface area contributed by atoms with Crippen LogP contribution in [0.5, 0.6) is 11.5 Å². The van der Waals surface area contributed by atoms with Crippen molar-refractivity contribution in [3.8, 4) is 11.5 Å². The Hall–Kier alpha value is -1.83. The van der Waals surface area contributed by atoms with Crippen molar-refractivity contribution in [1.29, 1.82) is 0 Å². The van der Waals surface area contributed by atoms with Gasteiger partial charge < -0.3 is 30.0 Å². The molecule has 1 saturated heterocycles. The lowest BCUT2D eigenvalue weighted by Gasteiger charge is -2.30. The Balaban J connectivity index is 1.99. The summed E-state index contributed by atoms with van der Waals surface area (Å²) in [5.41, 5.74) is 7.59. The normalized spacial score (nSPS) is 17.5. The molecule has 7 nitrogen and oxygen atoms in total. The lowest BCUT2D eigenvalue weighted by Crippen LogP contribution is -2.46. The molecule has 1 amide bonds. The number of β-amino-alcohol motifs (C(OH)–C–C–N with tert-alkyl or cyclic N) is 1. The first kappa shape index (κ1) is 27.4. The fraction of sp³-hybridized carbons (Fsp3) is 0.731. The number of benzene rings is 1. The number of carbonyl (C=O) groups excluding carboxylic acids is 1. The number of carbonyl (C=O) groups is 1. The van der Waals surface area contributed by atoms with E-state index >= 15 is 0 Å². The topological polar surface area (TPSA) is 94.3 Å². The van der Waals surface area contributed by atoms with Crippen LogP contribution >= 0.6 is 0 Å². The van der Waals surface area contributed by atoms with Gasteiger partial charge in [0.2, 0.25) is 5.91 Å². The summed E-state index contributed by atoms with van der Waals surface area (Å²) in [6.45, 7) is 6.64. The van der Waals surface area contributed by atoms with Gasteiger partial charge in [-0.1, -0.05) is 26.3 Å². The third kappa shape index (κ3) is 9.14. The number of rotatable bonds is 14. The van der Waals surface area contributed by atoms with Crippen LogP contribution in [0.4, 0.5) is 0 Å². The molecule has 0 aromatic heterocycles. The minimum atomic E-state index is -0.719. The number of aliphatic hydroxyl groups excluding tert-OH is 1. The molecule has 1 fully saturated rings. The number of likely N-dealkylation sites (tertiary alicyclic amines) is 1. The first-order valence-corrected chi connectivity index (χ1v) is 12.4. The standard InChI is InChI=1S/C26H44N2O5/c1-19(2)21(17-22(27)23(29)18-28-12-7-5-6-9-26(28)30)15-20-10-11-24(32-4)25(16-20)33-14-8-13-31-3/h10-11,16,19,21-23,29H,5-9,12-15,17-18,27H2,1-4H3. The summed E-state index contributed by atoms with van der Waals surface area (Å²) >= 11 is 0. The third-order valence-corrected chi connectivity index (χ3v) is 6.57. The first-order valence-electron chi connectivity index (χ1n) is 12.4. The van der Waals surface area contributed by atoms with E-state index in [2.05, 4.69) is 19.9 Å². The van der Waals surface area contributed by atoms with Gasteiger partial charge in [0.15, 0.2) is 11.5 Å². The van der Waals surface area contributed by atoms with Crippen LogP contribution in [0.25, 0.3) is 0 Å². The number of hydrogen-bond donors (Lipinski definition) is 2. The van der Waals surface area contributed by atoms with E-state index in [1.165, 1.54) is 0 Å². The summed E-state index contributed by atoms with van der Waals surface area (Å²) in [7, 11) is 3.32. The maximum atomic E-state index is 12.3. The molecule has 1 aliphatic heterocycles. The highest BCUT2D eigenvalue weighted by Gasteiger charge is 2.26. The van der Waals surface area contributed by atoms with Gasteiger partial charge in [0.25, 0.3) is 0 Å². The molecule has 0 aliphatic carbocycles. The van der Waals surface area contributed by atoms with Crippen LogP contribution in [0.15, 0.2) is 18.2 Å². The van der Waals surface area contributed by atoms with Gasteiger partial charge in [0.1, 0.15) is 0 Å². The van der Waals surface area contributed by atoms with Crippen LogP contribution in [0.3, 0.4) is 0 Å². The summed E-state index contributed by atoms with van der Waals surface area (Å²) < 4.78 is 16.5. The predicted octanol–water partition coefficient (Wildman–Crippen LogP) is 3.41. The fourth-order valence-electron chi connectivity index (χ4n) is 4.34. The highest BCUT2D eigenvalue weighted by atomic mass is 16.5. The van der Waals surface area contributed by atoms with Gasteiger partial charge in [-0.3, -0.25) is 4.79 Å². The predicted molar refractivity (Wildman–Crippen MR) is 131 cm³/mol. The number of nitrogens with two attached hydrogens (primary N) is 1. The van der Waals surface area contributed by atoms with E-state index in [9.17, 15) is 9.90 Å². The van der Waals surface area contributed by atoms with Crippen molar-refractivity contribution >= 4 is 5.91 Å². The van der Waals surface area contributed by atoms with E-state index in [1.807, 2.05) is 12.1 Å². The molecule has 1 aromatic carbocycles. The molecule has 1 aliphatic rings. The molecule has 0 bridgehead atoms. The van der Waals surface area contributed by atoms with Crippen LogP contribution in [-0.2, 0) is 16.0 Å². The van der Waals surface area contributed by atoms with Gasteiger partial charge >= 0.3 is 0 Å².